The van der Waals surface area contributed by atoms with Gasteiger partial charge in [0.25, 0.3) is 0 Å². The molecule has 1 heterocycles. The summed E-state index contributed by atoms with van der Waals surface area (Å²) in [6, 6.07) is -0.979. The Morgan fingerprint density at radius 3 is 2.91 bits per heavy atom. The molecule has 0 aromatic heterocycles. The number of amides is 2. The van der Waals surface area contributed by atoms with E-state index < -0.39 is 12.0 Å². The molecule has 1 rings (SSSR count). The molecule has 1 atom stereocenters. The SMILES string of the molecule is CCN1C(=O)NCC1C(=O)O. The molecule has 0 aliphatic carbocycles. The highest BCUT2D eigenvalue weighted by Gasteiger charge is 2.34. The zero-order valence-electron chi connectivity index (χ0n) is 6.20. The maximum Gasteiger partial charge on any atom is 0.328 e. The van der Waals surface area contributed by atoms with Gasteiger partial charge in [-0.1, -0.05) is 0 Å². The Labute approximate surface area is 64.0 Å². The maximum absolute atomic E-state index is 10.9. The standard InChI is InChI=1S/C6H10N2O3/c1-2-8-4(5(9)10)3-7-6(8)11/h4H,2-3H2,1H3,(H,7,11)(H,9,10). The zero-order valence-corrected chi connectivity index (χ0v) is 6.20. The Morgan fingerprint density at radius 1 is 1.91 bits per heavy atom. The molecule has 0 aromatic carbocycles. The van der Waals surface area contributed by atoms with Crippen molar-refractivity contribution in [2.24, 2.45) is 0 Å². The Kier molecular flexibility index (Phi) is 1.98. The van der Waals surface area contributed by atoms with Crippen LogP contribution in [0.5, 0.6) is 0 Å². The van der Waals surface area contributed by atoms with E-state index in [1.165, 1.54) is 4.90 Å². The fourth-order valence-corrected chi connectivity index (χ4v) is 1.12. The second-order valence-corrected chi connectivity index (χ2v) is 2.33. The third kappa shape index (κ3) is 1.26. The van der Waals surface area contributed by atoms with Crippen LogP contribution in [-0.4, -0.2) is 41.1 Å². The molecule has 11 heavy (non-hydrogen) atoms. The summed E-state index contributed by atoms with van der Waals surface area (Å²) in [4.78, 5) is 22.6. The first-order valence-electron chi connectivity index (χ1n) is 3.44. The molecule has 1 aliphatic rings. The van der Waals surface area contributed by atoms with E-state index in [9.17, 15) is 9.59 Å². The number of urea groups is 1. The van der Waals surface area contributed by atoms with E-state index >= 15 is 0 Å². The predicted molar refractivity (Wildman–Crippen MR) is 37.2 cm³/mol. The number of carboxylic acid groups (broad SMARTS) is 1. The summed E-state index contributed by atoms with van der Waals surface area (Å²) in [6.07, 6.45) is 0. The number of aliphatic carboxylic acids is 1. The molecule has 0 bridgehead atoms. The summed E-state index contributed by atoms with van der Waals surface area (Å²) in [6.45, 7) is 2.39. The lowest BCUT2D eigenvalue weighted by Crippen LogP contribution is -2.39. The lowest BCUT2D eigenvalue weighted by atomic mass is 10.3. The van der Waals surface area contributed by atoms with Crippen molar-refractivity contribution >= 4 is 12.0 Å². The van der Waals surface area contributed by atoms with Crippen LogP contribution in [0, 0.1) is 0 Å². The molecular formula is C6H10N2O3. The van der Waals surface area contributed by atoms with Crippen molar-refractivity contribution in [3.05, 3.63) is 0 Å². The van der Waals surface area contributed by atoms with Gasteiger partial charge in [-0.2, -0.15) is 0 Å². The van der Waals surface area contributed by atoms with E-state index in [2.05, 4.69) is 5.32 Å². The summed E-state index contributed by atoms with van der Waals surface area (Å²) in [7, 11) is 0. The molecule has 5 nitrogen and oxygen atoms in total. The van der Waals surface area contributed by atoms with Gasteiger partial charge in [0.15, 0.2) is 0 Å². The van der Waals surface area contributed by atoms with E-state index in [1.807, 2.05) is 0 Å². The minimum Gasteiger partial charge on any atom is -0.480 e. The number of hydrogen-bond acceptors (Lipinski definition) is 2. The summed E-state index contributed by atoms with van der Waals surface area (Å²) in [5.74, 6) is -0.954. The summed E-state index contributed by atoms with van der Waals surface area (Å²) < 4.78 is 0. The Hall–Kier alpha value is -1.26. The topological polar surface area (TPSA) is 69.6 Å². The van der Waals surface area contributed by atoms with Gasteiger partial charge in [-0.3, -0.25) is 0 Å². The number of rotatable bonds is 2. The highest BCUT2D eigenvalue weighted by Crippen LogP contribution is 2.05. The average molecular weight is 158 g/mol. The number of nitrogens with zero attached hydrogens (tertiary/aromatic N) is 1. The van der Waals surface area contributed by atoms with Gasteiger partial charge in [-0.25, -0.2) is 9.59 Å². The molecule has 2 amide bonds. The van der Waals surface area contributed by atoms with Crippen LogP contribution in [0.15, 0.2) is 0 Å². The van der Waals surface area contributed by atoms with E-state index in [-0.39, 0.29) is 12.6 Å². The minimum atomic E-state index is -0.954. The molecule has 0 radical (unpaired) electrons. The molecule has 1 fully saturated rings. The Bertz CT molecular complexity index is 192. The molecule has 0 aromatic rings. The molecule has 5 heteroatoms. The van der Waals surface area contributed by atoms with Crippen molar-refractivity contribution in [3.8, 4) is 0 Å². The smallest absolute Gasteiger partial charge is 0.328 e. The Morgan fingerprint density at radius 2 is 2.55 bits per heavy atom. The first-order valence-corrected chi connectivity index (χ1v) is 3.44. The van der Waals surface area contributed by atoms with Crippen LogP contribution in [0.1, 0.15) is 6.92 Å². The quantitative estimate of drug-likeness (QED) is 0.568. The van der Waals surface area contributed by atoms with E-state index in [1.54, 1.807) is 6.92 Å². The number of carbonyl (C=O) groups is 2. The molecule has 1 saturated heterocycles. The number of nitrogens with one attached hydrogen (secondary N) is 1. The van der Waals surface area contributed by atoms with Gasteiger partial charge in [0.05, 0.1) is 6.54 Å². The van der Waals surface area contributed by atoms with Crippen molar-refractivity contribution in [1.82, 2.24) is 10.2 Å². The van der Waals surface area contributed by atoms with Crippen molar-refractivity contribution in [2.45, 2.75) is 13.0 Å². The van der Waals surface area contributed by atoms with Crippen LogP contribution in [0.25, 0.3) is 0 Å². The highest BCUT2D eigenvalue weighted by molar-refractivity contribution is 5.86. The van der Waals surface area contributed by atoms with Crippen LogP contribution in [-0.2, 0) is 4.79 Å². The normalized spacial score (nSPS) is 23.5. The lowest BCUT2D eigenvalue weighted by molar-refractivity contribution is -0.141. The summed E-state index contributed by atoms with van der Waals surface area (Å²) in [5.41, 5.74) is 0. The summed E-state index contributed by atoms with van der Waals surface area (Å²) in [5, 5.41) is 11.1. The summed E-state index contributed by atoms with van der Waals surface area (Å²) >= 11 is 0. The van der Waals surface area contributed by atoms with E-state index in [0.717, 1.165) is 0 Å². The maximum atomic E-state index is 10.9. The Balaban J connectivity index is 2.68. The monoisotopic (exact) mass is 158 g/mol. The number of carboxylic acids is 1. The molecule has 0 saturated carbocycles. The number of likely N-dealkylation sites (N-methyl/N-ethyl adjacent to an activating group) is 1. The first kappa shape index (κ1) is 7.84. The van der Waals surface area contributed by atoms with Crippen LogP contribution in [0.3, 0.4) is 0 Å². The van der Waals surface area contributed by atoms with Crippen LogP contribution < -0.4 is 5.32 Å². The van der Waals surface area contributed by atoms with Crippen molar-refractivity contribution in [1.29, 1.82) is 0 Å². The van der Waals surface area contributed by atoms with Gasteiger partial charge >= 0.3 is 12.0 Å². The lowest BCUT2D eigenvalue weighted by Gasteiger charge is -2.16. The van der Waals surface area contributed by atoms with Gasteiger partial charge in [0.2, 0.25) is 0 Å². The second-order valence-electron chi connectivity index (χ2n) is 2.33. The van der Waals surface area contributed by atoms with Crippen molar-refractivity contribution < 1.29 is 14.7 Å². The third-order valence-corrected chi connectivity index (χ3v) is 1.71. The van der Waals surface area contributed by atoms with Gasteiger partial charge in [0.1, 0.15) is 6.04 Å². The second kappa shape index (κ2) is 2.77. The molecule has 0 spiro atoms. The van der Waals surface area contributed by atoms with E-state index in [0.29, 0.717) is 6.54 Å². The molecule has 1 aliphatic heterocycles. The molecular weight excluding hydrogens is 148 g/mol. The number of carbonyl (C=O) groups excluding carboxylic acids is 1. The largest absolute Gasteiger partial charge is 0.480 e. The fraction of sp³-hybridized carbons (Fsp3) is 0.667. The molecule has 2 N–H and O–H groups in total. The fourth-order valence-electron chi connectivity index (χ4n) is 1.12. The van der Waals surface area contributed by atoms with Gasteiger partial charge in [0, 0.05) is 6.54 Å². The first-order chi connectivity index (χ1) is 5.16. The average Bonchev–Trinajstić information content (AvgIpc) is 2.30. The van der Waals surface area contributed by atoms with Crippen LogP contribution in [0.2, 0.25) is 0 Å². The van der Waals surface area contributed by atoms with Gasteiger partial charge in [-0.15, -0.1) is 0 Å². The molecule has 1 unspecified atom stereocenters. The van der Waals surface area contributed by atoms with Gasteiger partial charge in [-0.05, 0) is 6.92 Å². The molecule has 62 valence electrons. The minimum absolute atomic E-state index is 0.210. The van der Waals surface area contributed by atoms with Crippen LogP contribution in [0.4, 0.5) is 4.79 Å². The predicted octanol–water partition coefficient (Wildman–Crippen LogP) is -0.515. The third-order valence-electron chi connectivity index (χ3n) is 1.71. The number of hydrogen-bond donors (Lipinski definition) is 2. The zero-order chi connectivity index (χ0) is 8.43. The van der Waals surface area contributed by atoms with E-state index in [4.69, 9.17) is 5.11 Å². The van der Waals surface area contributed by atoms with Crippen molar-refractivity contribution in [2.75, 3.05) is 13.1 Å². The highest BCUT2D eigenvalue weighted by atomic mass is 16.4. The van der Waals surface area contributed by atoms with Crippen LogP contribution >= 0.6 is 0 Å². The van der Waals surface area contributed by atoms with Gasteiger partial charge < -0.3 is 15.3 Å². The van der Waals surface area contributed by atoms with Crippen molar-refractivity contribution in [3.63, 3.8) is 0 Å².